The molecule has 10 nitrogen and oxygen atoms in total. The second-order valence-electron chi connectivity index (χ2n) is 10.7. The van der Waals surface area contributed by atoms with Crippen molar-refractivity contribution in [1.82, 2.24) is 19.9 Å². The van der Waals surface area contributed by atoms with Crippen LogP contribution >= 0.6 is 0 Å². The van der Waals surface area contributed by atoms with Crippen molar-refractivity contribution in [2.24, 2.45) is 11.1 Å². The summed E-state index contributed by atoms with van der Waals surface area (Å²) in [6.45, 7) is 7.89. The fourth-order valence-electron chi connectivity index (χ4n) is 4.82. The van der Waals surface area contributed by atoms with Crippen molar-refractivity contribution in [2.45, 2.75) is 51.3 Å². The molecule has 0 bridgehead atoms. The maximum atomic E-state index is 13.4. The quantitative estimate of drug-likeness (QED) is 0.615. The summed E-state index contributed by atoms with van der Waals surface area (Å²) in [5.41, 5.74) is 4.59. The zero-order valence-electron chi connectivity index (χ0n) is 21.5. The molecule has 2 saturated heterocycles. The number of likely N-dealkylation sites (tertiary alicyclic amines) is 1. The zero-order chi connectivity index (χ0) is 27.7. The first-order valence-electron chi connectivity index (χ1n) is 12.4. The predicted molar refractivity (Wildman–Crippen MR) is 128 cm³/mol. The Kier molecular flexibility index (Phi) is 7.86. The van der Waals surface area contributed by atoms with Gasteiger partial charge in [-0.25, -0.2) is 9.59 Å². The molecule has 2 fully saturated rings. The van der Waals surface area contributed by atoms with Gasteiger partial charge in [-0.3, -0.25) is 0 Å². The number of primary amides is 1. The first kappa shape index (κ1) is 27.7. The summed E-state index contributed by atoms with van der Waals surface area (Å²) in [5.74, 6) is -0.233. The minimum atomic E-state index is -4.44. The molecule has 1 aromatic heterocycles. The van der Waals surface area contributed by atoms with Crippen LogP contribution in [0, 0.1) is 5.41 Å². The molecule has 3 heterocycles. The Labute approximate surface area is 218 Å². The van der Waals surface area contributed by atoms with Gasteiger partial charge < -0.3 is 29.5 Å². The third kappa shape index (κ3) is 6.37. The number of aromatic nitrogens is 2. The molecular formula is C25H32F3N5O5. The Hall–Kier alpha value is -3.35. The number of amides is 3. The van der Waals surface area contributed by atoms with Crippen LogP contribution in [0.25, 0.3) is 0 Å². The van der Waals surface area contributed by atoms with Crippen LogP contribution in [-0.2, 0) is 15.7 Å². The number of carbonyl (C=O) groups is 2. The minimum Gasteiger partial charge on any atom is -0.436 e. The molecule has 13 heteroatoms. The van der Waals surface area contributed by atoms with E-state index in [4.69, 9.17) is 19.7 Å². The van der Waals surface area contributed by atoms with Gasteiger partial charge in [-0.2, -0.15) is 18.2 Å². The molecule has 3 atom stereocenters. The van der Waals surface area contributed by atoms with Crippen molar-refractivity contribution in [3.63, 3.8) is 0 Å². The van der Waals surface area contributed by atoms with Crippen molar-refractivity contribution in [2.75, 3.05) is 39.4 Å². The summed E-state index contributed by atoms with van der Waals surface area (Å²) in [4.78, 5) is 32.7. The van der Waals surface area contributed by atoms with Crippen molar-refractivity contribution in [3.8, 4) is 0 Å². The standard InChI is InChI=1S/C25H32F3N5O5/c1-24(2,3)19(37-22(29)34)21-30-20(31-38-21)17-12-16(15-4-6-18(7-5-15)25(26,27)28)13-33(14-17)23(35)32-8-10-36-11-9-32/h4-7,16-17,19H,8-14H2,1-3H3,(H2,29,34). The van der Waals surface area contributed by atoms with Gasteiger partial charge in [0.05, 0.1) is 18.8 Å². The topological polar surface area (TPSA) is 124 Å². The van der Waals surface area contributed by atoms with Crippen molar-refractivity contribution in [3.05, 3.63) is 47.1 Å². The number of carbonyl (C=O) groups excluding carboxylic acids is 2. The summed E-state index contributed by atoms with van der Waals surface area (Å²) in [7, 11) is 0. The summed E-state index contributed by atoms with van der Waals surface area (Å²) in [6, 6.07) is 4.82. The summed E-state index contributed by atoms with van der Waals surface area (Å²) < 4.78 is 55.4. The molecule has 208 valence electrons. The highest BCUT2D eigenvalue weighted by Gasteiger charge is 2.39. The minimum absolute atomic E-state index is 0.0778. The Morgan fingerprint density at radius 1 is 1.05 bits per heavy atom. The van der Waals surface area contributed by atoms with Crippen LogP contribution in [0.5, 0.6) is 0 Å². The van der Waals surface area contributed by atoms with Gasteiger partial charge >= 0.3 is 18.3 Å². The highest BCUT2D eigenvalue weighted by atomic mass is 19.4. The molecule has 0 spiro atoms. The van der Waals surface area contributed by atoms with E-state index >= 15 is 0 Å². The molecule has 1 aromatic carbocycles. The highest BCUT2D eigenvalue weighted by molar-refractivity contribution is 5.75. The lowest BCUT2D eigenvalue weighted by atomic mass is 9.84. The van der Waals surface area contributed by atoms with Gasteiger partial charge in [0.15, 0.2) is 11.9 Å². The van der Waals surface area contributed by atoms with Gasteiger partial charge in [-0.05, 0) is 24.1 Å². The van der Waals surface area contributed by atoms with Gasteiger partial charge in [0, 0.05) is 43.4 Å². The van der Waals surface area contributed by atoms with E-state index < -0.39 is 29.4 Å². The third-order valence-corrected chi connectivity index (χ3v) is 6.78. The summed E-state index contributed by atoms with van der Waals surface area (Å²) in [6.07, 6.45) is -5.83. The van der Waals surface area contributed by atoms with Crippen LogP contribution in [0.2, 0.25) is 0 Å². The van der Waals surface area contributed by atoms with Gasteiger partial charge in [-0.1, -0.05) is 38.1 Å². The Balaban J connectivity index is 1.62. The van der Waals surface area contributed by atoms with Crippen LogP contribution in [-0.4, -0.2) is 71.5 Å². The number of morpholine rings is 1. The molecule has 0 aliphatic carbocycles. The van der Waals surface area contributed by atoms with Crippen LogP contribution in [0.15, 0.2) is 28.8 Å². The number of hydrogen-bond donors (Lipinski definition) is 1. The van der Waals surface area contributed by atoms with E-state index in [2.05, 4.69) is 10.1 Å². The molecule has 2 aliphatic heterocycles. The molecule has 2 aliphatic rings. The Bertz CT molecular complexity index is 1130. The van der Waals surface area contributed by atoms with Crippen molar-refractivity contribution in [1.29, 1.82) is 0 Å². The number of piperidine rings is 1. The second-order valence-corrected chi connectivity index (χ2v) is 10.7. The number of ether oxygens (including phenoxy) is 2. The van der Waals surface area contributed by atoms with Crippen LogP contribution < -0.4 is 5.73 Å². The smallest absolute Gasteiger partial charge is 0.416 e. The molecule has 2 N–H and O–H groups in total. The highest BCUT2D eigenvalue weighted by Crippen LogP contribution is 2.39. The largest absolute Gasteiger partial charge is 0.436 e. The van der Waals surface area contributed by atoms with E-state index in [9.17, 15) is 22.8 Å². The SMILES string of the molecule is CC(C)(C)C(OC(N)=O)c1nc(C2CC(c3ccc(C(F)(F)F)cc3)CN(C(=O)N3CCOCC3)C2)no1. The normalized spacial score (nSPS) is 21.7. The van der Waals surface area contributed by atoms with E-state index in [-0.39, 0.29) is 23.8 Å². The van der Waals surface area contributed by atoms with Gasteiger partial charge in [-0.15, -0.1) is 0 Å². The lowest BCUT2D eigenvalue weighted by Gasteiger charge is -2.40. The van der Waals surface area contributed by atoms with E-state index in [1.54, 1.807) is 9.80 Å². The first-order chi connectivity index (χ1) is 17.8. The summed E-state index contributed by atoms with van der Waals surface area (Å²) in [5, 5.41) is 4.12. The monoisotopic (exact) mass is 539 g/mol. The average Bonchev–Trinajstić information content (AvgIpc) is 3.36. The molecule has 0 radical (unpaired) electrons. The number of hydrogen-bond acceptors (Lipinski definition) is 7. The number of nitrogens with zero attached hydrogens (tertiary/aromatic N) is 4. The van der Waals surface area contributed by atoms with Gasteiger partial charge in [0.1, 0.15) is 0 Å². The van der Waals surface area contributed by atoms with Crippen molar-refractivity contribution < 1.29 is 36.8 Å². The maximum Gasteiger partial charge on any atom is 0.416 e. The number of nitrogens with two attached hydrogens (primary N) is 1. The molecule has 4 rings (SSSR count). The van der Waals surface area contributed by atoms with Gasteiger partial charge in [0.2, 0.25) is 0 Å². The Morgan fingerprint density at radius 2 is 1.68 bits per heavy atom. The predicted octanol–water partition coefficient (Wildman–Crippen LogP) is 4.30. The molecule has 3 amide bonds. The van der Waals surface area contributed by atoms with Crippen LogP contribution in [0.3, 0.4) is 0 Å². The molecular weight excluding hydrogens is 507 g/mol. The number of rotatable bonds is 4. The number of benzene rings is 1. The maximum absolute atomic E-state index is 13.4. The summed E-state index contributed by atoms with van der Waals surface area (Å²) >= 11 is 0. The van der Waals surface area contributed by atoms with Crippen LogP contribution in [0.1, 0.15) is 68.0 Å². The fraction of sp³-hybridized carbons (Fsp3) is 0.600. The molecule has 3 unspecified atom stereocenters. The lowest BCUT2D eigenvalue weighted by Crippen LogP contribution is -2.52. The molecule has 0 saturated carbocycles. The fourth-order valence-corrected chi connectivity index (χ4v) is 4.82. The van der Waals surface area contributed by atoms with Crippen LogP contribution in [0.4, 0.5) is 22.8 Å². The van der Waals surface area contributed by atoms with E-state index in [1.165, 1.54) is 12.1 Å². The lowest BCUT2D eigenvalue weighted by molar-refractivity contribution is -0.137. The van der Waals surface area contributed by atoms with Gasteiger partial charge in [0.25, 0.3) is 5.89 Å². The first-order valence-corrected chi connectivity index (χ1v) is 12.4. The van der Waals surface area contributed by atoms with E-state index in [0.29, 0.717) is 57.2 Å². The second kappa shape index (κ2) is 10.8. The number of urea groups is 1. The van der Waals surface area contributed by atoms with Crippen molar-refractivity contribution >= 4 is 12.1 Å². The zero-order valence-corrected chi connectivity index (χ0v) is 21.5. The Morgan fingerprint density at radius 3 is 2.26 bits per heavy atom. The molecule has 38 heavy (non-hydrogen) atoms. The van der Waals surface area contributed by atoms with E-state index in [1.807, 2.05) is 20.8 Å². The average molecular weight is 540 g/mol. The van der Waals surface area contributed by atoms with E-state index in [0.717, 1.165) is 12.1 Å². The number of alkyl halides is 3. The third-order valence-electron chi connectivity index (χ3n) is 6.78. The number of halogens is 3. The molecule has 2 aromatic rings.